The van der Waals surface area contributed by atoms with Gasteiger partial charge < -0.3 is 16.4 Å². The first-order valence-corrected chi connectivity index (χ1v) is 6.40. The third kappa shape index (κ3) is 4.62. The zero-order chi connectivity index (χ0) is 15.3. The fourth-order valence-corrected chi connectivity index (χ4v) is 1.52. The number of benzene rings is 1. The lowest BCUT2D eigenvalue weighted by molar-refractivity contribution is -0.125. The van der Waals surface area contributed by atoms with Crippen LogP contribution in [-0.4, -0.2) is 24.4 Å². The standard InChI is InChI=1S/C14H20FN3O2/c1-8(2)13(16)14(20)17-7-12(19)18-11-6-9(3)4-5-10(11)15/h4-6,8,13H,7,16H2,1-3H3,(H,17,20)(H,18,19)/t13-/m0/s1. The quantitative estimate of drug-likeness (QED) is 0.757. The molecular weight excluding hydrogens is 261 g/mol. The highest BCUT2D eigenvalue weighted by atomic mass is 19.1. The van der Waals surface area contributed by atoms with E-state index in [4.69, 9.17) is 5.73 Å². The maximum atomic E-state index is 13.4. The number of hydrogen-bond donors (Lipinski definition) is 3. The van der Waals surface area contributed by atoms with E-state index in [0.717, 1.165) is 5.56 Å². The number of anilines is 1. The highest BCUT2D eigenvalue weighted by Crippen LogP contribution is 2.15. The van der Waals surface area contributed by atoms with E-state index in [1.165, 1.54) is 12.1 Å². The molecule has 0 bridgehead atoms. The molecule has 0 radical (unpaired) electrons. The van der Waals surface area contributed by atoms with Crippen LogP contribution >= 0.6 is 0 Å². The van der Waals surface area contributed by atoms with E-state index in [0.29, 0.717) is 0 Å². The van der Waals surface area contributed by atoms with E-state index < -0.39 is 23.7 Å². The van der Waals surface area contributed by atoms with Gasteiger partial charge in [-0.2, -0.15) is 0 Å². The van der Waals surface area contributed by atoms with Crippen molar-refractivity contribution in [3.8, 4) is 0 Å². The van der Waals surface area contributed by atoms with Crippen LogP contribution in [0.4, 0.5) is 10.1 Å². The minimum Gasteiger partial charge on any atom is -0.346 e. The van der Waals surface area contributed by atoms with Crippen molar-refractivity contribution in [2.45, 2.75) is 26.8 Å². The molecule has 0 aromatic heterocycles. The van der Waals surface area contributed by atoms with Gasteiger partial charge in [-0.05, 0) is 30.5 Å². The number of rotatable bonds is 5. The van der Waals surface area contributed by atoms with Gasteiger partial charge in [0.2, 0.25) is 11.8 Å². The van der Waals surface area contributed by atoms with Crippen LogP contribution in [0.1, 0.15) is 19.4 Å². The van der Waals surface area contributed by atoms with E-state index >= 15 is 0 Å². The van der Waals surface area contributed by atoms with Crippen molar-refractivity contribution in [1.29, 1.82) is 0 Å². The molecular formula is C14H20FN3O2. The van der Waals surface area contributed by atoms with Gasteiger partial charge in [-0.3, -0.25) is 9.59 Å². The van der Waals surface area contributed by atoms with Gasteiger partial charge in [0.15, 0.2) is 0 Å². The molecule has 6 heteroatoms. The van der Waals surface area contributed by atoms with Gasteiger partial charge in [-0.25, -0.2) is 4.39 Å². The zero-order valence-corrected chi connectivity index (χ0v) is 11.9. The number of aryl methyl sites for hydroxylation is 1. The van der Waals surface area contributed by atoms with Gasteiger partial charge in [-0.15, -0.1) is 0 Å². The highest BCUT2D eigenvalue weighted by molar-refractivity contribution is 5.95. The topological polar surface area (TPSA) is 84.2 Å². The Labute approximate surface area is 117 Å². The molecule has 0 heterocycles. The summed E-state index contributed by atoms with van der Waals surface area (Å²) in [6.45, 7) is 5.17. The Balaban J connectivity index is 2.52. The molecule has 1 aromatic carbocycles. The Kier molecular flexibility index (Phi) is 5.64. The molecule has 0 aliphatic heterocycles. The molecule has 0 aliphatic carbocycles. The third-order valence-corrected chi connectivity index (χ3v) is 2.84. The second-order valence-corrected chi connectivity index (χ2v) is 5.02. The summed E-state index contributed by atoms with van der Waals surface area (Å²) in [6, 6.07) is 3.74. The minimum absolute atomic E-state index is 0.0210. The second kappa shape index (κ2) is 7.00. The van der Waals surface area contributed by atoms with Crippen molar-refractivity contribution < 1.29 is 14.0 Å². The largest absolute Gasteiger partial charge is 0.346 e. The average Bonchev–Trinajstić information content (AvgIpc) is 2.39. The van der Waals surface area contributed by atoms with Crippen LogP contribution in [0.3, 0.4) is 0 Å². The van der Waals surface area contributed by atoms with Crippen LogP contribution in [-0.2, 0) is 9.59 Å². The summed E-state index contributed by atoms with van der Waals surface area (Å²) in [7, 11) is 0. The summed E-state index contributed by atoms with van der Waals surface area (Å²) >= 11 is 0. The normalized spacial score (nSPS) is 12.1. The number of nitrogens with one attached hydrogen (secondary N) is 2. The molecule has 1 aromatic rings. The molecule has 0 saturated heterocycles. The summed E-state index contributed by atoms with van der Waals surface area (Å²) in [6.07, 6.45) is 0. The molecule has 0 unspecified atom stereocenters. The fraction of sp³-hybridized carbons (Fsp3) is 0.429. The van der Waals surface area contributed by atoms with Gasteiger partial charge in [0.1, 0.15) is 5.82 Å². The van der Waals surface area contributed by atoms with Gasteiger partial charge >= 0.3 is 0 Å². The Morgan fingerprint density at radius 2 is 2.00 bits per heavy atom. The van der Waals surface area contributed by atoms with Crippen molar-refractivity contribution in [3.63, 3.8) is 0 Å². The van der Waals surface area contributed by atoms with Crippen LogP contribution in [0.5, 0.6) is 0 Å². The molecule has 5 nitrogen and oxygen atoms in total. The van der Waals surface area contributed by atoms with E-state index in [2.05, 4.69) is 10.6 Å². The van der Waals surface area contributed by atoms with E-state index in [9.17, 15) is 14.0 Å². The molecule has 0 saturated carbocycles. The van der Waals surface area contributed by atoms with Crippen LogP contribution in [0.2, 0.25) is 0 Å². The summed E-state index contributed by atoms with van der Waals surface area (Å²) in [4.78, 5) is 23.2. The summed E-state index contributed by atoms with van der Waals surface area (Å²) in [5.41, 5.74) is 6.56. The summed E-state index contributed by atoms with van der Waals surface area (Å²) in [5.74, 6) is -1.44. The predicted octanol–water partition coefficient (Wildman–Crippen LogP) is 1.17. The van der Waals surface area contributed by atoms with Crippen LogP contribution in [0.15, 0.2) is 18.2 Å². The second-order valence-electron chi connectivity index (χ2n) is 5.02. The Hall–Kier alpha value is -1.95. The van der Waals surface area contributed by atoms with Crippen LogP contribution in [0, 0.1) is 18.7 Å². The van der Waals surface area contributed by atoms with Crippen molar-refractivity contribution in [1.82, 2.24) is 5.32 Å². The molecule has 0 fully saturated rings. The molecule has 1 atom stereocenters. The fourth-order valence-electron chi connectivity index (χ4n) is 1.52. The number of hydrogen-bond acceptors (Lipinski definition) is 3. The van der Waals surface area contributed by atoms with Crippen molar-refractivity contribution in [2.75, 3.05) is 11.9 Å². The Morgan fingerprint density at radius 1 is 1.35 bits per heavy atom. The molecule has 0 aliphatic rings. The average molecular weight is 281 g/mol. The van der Waals surface area contributed by atoms with Crippen LogP contribution in [0.25, 0.3) is 0 Å². The Morgan fingerprint density at radius 3 is 2.60 bits per heavy atom. The molecule has 0 spiro atoms. The number of nitrogens with two attached hydrogens (primary N) is 1. The summed E-state index contributed by atoms with van der Waals surface area (Å²) < 4.78 is 13.4. The molecule has 2 amide bonds. The first-order valence-electron chi connectivity index (χ1n) is 6.40. The highest BCUT2D eigenvalue weighted by Gasteiger charge is 2.17. The Bertz CT molecular complexity index is 503. The van der Waals surface area contributed by atoms with Gasteiger partial charge in [0.25, 0.3) is 0 Å². The molecule has 20 heavy (non-hydrogen) atoms. The smallest absolute Gasteiger partial charge is 0.243 e. The molecule has 4 N–H and O–H groups in total. The van der Waals surface area contributed by atoms with Crippen molar-refractivity contribution >= 4 is 17.5 Å². The van der Waals surface area contributed by atoms with Gasteiger partial charge in [-0.1, -0.05) is 19.9 Å². The van der Waals surface area contributed by atoms with Gasteiger partial charge in [0, 0.05) is 0 Å². The van der Waals surface area contributed by atoms with Gasteiger partial charge in [0.05, 0.1) is 18.3 Å². The maximum absolute atomic E-state index is 13.4. The lowest BCUT2D eigenvalue weighted by atomic mass is 10.1. The number of halogens is 1. The SMILES string of the molecule is Cc1ccc(F)c(NC(=O)CNC(=O)[C@@H](N)C(C)C)c1. The summed E-state index contributed by atoms with van der Waals surface area (Å²) in [5, 5.41) is 4.82. The third-order valence-electron chi connectivity index (χ3n) is 2.84. The monoisotopic (exact) mass is 281 g/mol. The lowest BCUT2D eigenvalue weighted by Crippen LogP contribution is -2.46. The number of amides is 2. The van der Waals surface area contributed by atoms with Crippen LogP contribution < -0.4 is 16.4 Å². The van der Waals surface area contributed by atoms with Crippen molar-refractivity contribution in [3.05, 3.63) is 29.6 Å². The first kappa shape index (κ1) is 16.1. The molecule has 110 valence electrons. The van der Waals surface area contributed by atoms with E-state index in [-0.39, 0.29) is 18.2 Å². The number of carbonyl (C=O) groups excluding carboxylic acids is 2. The number of carbonyl (C=O) groups is 2. The molecule has 1 rings (SSSR count). The minimum atomic E-state index is -0.668. The maximum Gasteiger partial charge on any atom is 0.243 e. The van der Waals surface area contributed by atoms with E-state index in [1.807, 2.05) is 13.8 Å². The first-order chi connectivity index (χ1) is 9.31. The lowest BCUT2D eigenvalue weighted by Gasteiger charge is -2.15. The zero-order valence-electron chi connectivity index (χ0n) is 11.9. The van der Waals surface area contributed by atoms with E-state index in [1.54, 1.807) is 13.0 Å². The predicted molar refractivity (Wildman–Crippen MR) is 75.6 cm³/mol. The van der Waals surface area contributed by atoms with Crippen molar-refractivity contribution in [2.24, 2.45) is 11.7 Å².